The Hall–Kier alpha value is -2.94. The number of rotatable bonds is 2. The average molecular weight is 315 g/mol. The first-order valence-corrected chi connectivity index (χ1v) is 8.13. The number of ketones is 2. The third-order valence-corrected chi connectivity index (χ3v) is 4.51. The van der Waals surface area contributed by atoms with Gasteiger partial charge in [-0.2, -0.15) is 0 Å². The molecule has 1 saturated carbocycles. The van der Waals surface area contributed by atoms with E-state index in [0.717, 1.165) is 22.4 Å². The van der Waals surface area contributed by atoms with Gasteiger partial charge in [0.25, 0.3) is 0 Å². The van der Waals surface area contributed by atoms with Gasteiger partial charge in [0, 0.05) is 31.1 Å². The van der Waals surface area contributed by atoms with Gasteiger partial charge in [-0.3, -0.25) is 9.59 Å². The molecule has 0 spiro atoms. The van der Waals surface area contributed by atoms with Crippen molar-refractivity contribution in [1.29, 1.82) is 0 Å². The van der Waals surface area contributed by atoms with E-state index in [0.29, 0.717) is 25.0 Å². The standard InChI is InChI=1S/C21H17NO2/c23-18-10-11-19(24)20(18)21-17-9-5-4-8-16(17)12-13-22(21)14-15-6-2-1-3-7-15/h1-9,12-13H,10-11,14H2. The second kappa shape index (κ2) is 5.93. The Kier molecular flexibility index (Phi) is 3.62. The Labute approximate surface area is 140 Å². The fraction of sp³-hybridized carbons (Fsp3) is 0.143. The molecule has 0 saturated heterocycles. The number of nitrogens with zero attached hydrogens (tertiary/aromatic N) is 1. The monoisotopic (exact) mass is 315 g/mol. The lowest BCUT2D eigenvalue weighted by atomic mass is 9.95. The van der Waals surface area contributed by atoms with Crippen LogP contribution in [0.5, 0.6) is 0 Å². The first-order valence-electron chi connectivity index (χ1n) is 8.13. The predicted molar refractivity (Wildman–Crippen MR) is 93.6 cm³/mol. The van der Waals surface area contributed by atoms with E-state index in [1.54, 1.807) is 0 Å². The van der Waals surface area contributed by atoms with Crippen LogP contribution in [0, 0.1) is 0 Å². The normalized spacial score (nSPS) is 16.8. The quantitative estimate of drug-likeness (QED) is 0.624. The maximum Gasteiger partial charge on any atom is 0.169 e. The Bertz CT molecular complexity index is 860. The van der Waals surface area contributed by atoms with Crippen LogP contribution in [0.1, 0.15) is 29.5 Å². The van der Waals surface area contributed by atoms with Crippen LogP contribution in [0.25, 0.3) is 11.8 Å². The smallest absolute Gasteiger partial charge is 0.169 e. The molecule has 0 aromatic heterocycles. The highest BCUT2D eigenvalue weighted by atomic mass is 16.2. The van der Waals surface area contributed by atoms with E-state index in [2.05, 4.69) is 12.1 Å². The Morgan fingerprint density at radius 1 is 0.833 bits per heavy atom. The lowest BCUT2D eigenvalue weighted by molar-refractivity contribution is -0.116. The number of benzene rings is 2. The highest BCUT2D eigenvalue weighted by molar-refractivity contribution is 6.29. The number of carbonyl (C=O) groups excluding carboxylic acids is 2. The Balaban J connectivity index is 1.86. The Morgan fingerprint density at radius 3 is 2.25 bits per heavy atom. The molecule has 0 N–H and O–H groups in total. The minimum Gasteiger partial charge on any atom is -0.342 e. The number of hydrogen-bond acceptors (Lipinski definition) is 3. The third kappa shape index (κ3) is 2.48. The zero-order chi connectivity index (χ0) is 16.5. The van der Waals surface area contributed by atoms with E-state index in [4.69, 9.17) is 0 Å². The minimum atomic E-state index is -0.0434. The molecule has 118 valence electrons. The molecule has 0 unspecified atom stereocenters. The topological polar surface area (TPSA) is 37.4 Å². The maximum atomic E-state index is 12.4. The van der Waals surface area contributed by atoms with Crippen LogP contribution in [0.3, 0.4) is 0 Å². The van der Waals surface area contributed by atoms with Gasteiger partial charge in [0.15, 0.2) is 11.6 Å². The summed E-state index contributed by atoms with van der Waals surface area (Å²) in [6.07, 6.45) is 4.65. The highest BCUT2D eigenvalue weighted by Gasteiger charge is 2.33. The molecule has 1 heterocycles. The zero-order valence-corrected chi connectivity index (χ0v) is 13.2. The van der Waals surface area contributed by atoms with Crippen LogP contribution in [0.2, 0.25) is 0 Å². The molecule has 2 aromatic rings. The number of allylic oxidation sites excluding steroid dienone is 1. The zero-order valence-electron chi connectivity index (χ0n) is 13.2. The molecule has 0 bridgehead atoms. The summed E-state index contributed by atoms with van der Waals surface area (Å²) in [7, 11) is 0. The first-order chi connectivity index (χ1) is 11.7. The lowest BCUT2D eigenvalue weighted by Gasteiger charge is -2.30. The van der Waals surface area contributed by atoms with Crippen LogP contribution in [-0.2, 0) is 16.1 Å². The van der Waals surface area contributed by atoms with E-state index >= 15 is 0 Å². The molecular formula is C21H17NO2. The molecule has 2 aliphatic rings. The summed E-state index contributed by atoms with van der Waals surface area (Å²) in [6, 6.07) is 18.0. The van der Waals surface area contributed by atoms with Crippen molar-refractivity contribution < 1.29 is 9.59 Å². The summed E-state index contributed by atoms with van der Waals surface area (Å²) in [6.45, 7) is 0.630. The minimum absolute atomic E-state index is 0.0434. The van der Waals surface area contributed by atoms with Crippen molar-refractivity contribution in [1.82, 2.24) is 4.90 Å². The lowest BCUT2D eigenvalue weighted by Crippen LogP contribution is -2.23. The van der Waals surface area contributed by atoms with Crippen molar-refractivity contribution in [2.24, 2.45) is 0 Å². The van der Waals surface area contributed by atoms with E-state index in [-0.39, 0.29) is 11.6 Å². The van der Waals surface area contributed by atoms with Crippen molar-refractivity contribution in [2.75, 3.05) is 0 Å². The van der Waals surface area contributed by atoms with Crippen molar-refractivity contribution in [2.45, 2.75) is 19.4 Å². The van der Waals surface area contributed by atoms with Gasteiger partial charge in [-0.1, -0.05) is 54.6 Å². The fourth-order valence-corrected chi connectivity index (χ4v) is 3.34. The number of fused-ring (bicyclic) bond motifs is 1. The van der Waals surface area contributed by atoms with E-state index < -0.39 is 0 Å². The second-order valence-corrected chi connectivity index (χ2v) is 6.09. The number of Topliss-reactive ketones (excluding diaryl/α,β-unsaturated/α-hetero) is 2. The van der Waals surface area contributed by atoms with Crippen LogP contribution in [0.4, 0.5) is 0 Å². The van der Waals surface area contributed by atoms with Gasteiger partial charge >= 0.3 is 0 Å². The van der Waals surface area contributed by atoms with Crippen LogP contribution in [0.15, 0.2) is 66.4 Å². The first kappa shape index (κ1) is 14.6. The van der Waals surface area contributed by atoms with Gasteiger partial charge in [-0.15, -0.1) is 0 Å². The molecule has 1 fully saturated rings. The molecular weight excluding hydrogens is 298 g/mol. The molecule has 0 atom stereocenters. The van der Waals surface area contributed by atoms with Crippen molar-refractivity contribution in [3.63, 3.8) is 0 Å². The predicted octanol–water partition coefficient (Wildman–Crippen LogP) is 3.82. The van der Waals surface area contributed by atoms with Crippen LogP contribution < -0.4 is 0 Å². The van der Waals surface area contributed by atoms with Crippen molar-refractivity contribution >= 4 is 23.3 Å². The van der Waals surface area contributed by atoms with Gasteiger partial charge in [0.05, 0.1) is 11.3 Å². The summed E-state index contributed by atoms with van der Waals surface area (Å²) in [4.78, 5) is 26.7. The maximum absolute atomic E-state index is 12.4. The van der Waals surface area contributed by atoms with E-state index in [9.17, 15) is 9.59 Å². The SMILES string of the molecule is O=C1CCC(=O)C1=C1c2ccccc2C=CN1Cc1ccccc1. The molecule has 2 aromatic carbocycles. The Morgan fingerprint density at radius 2 is 1.50 bits per heavy atom. The average Bonchev–Trinajstić information content (AvgIpc) is 2.94. The summed E-state index contributed by atoms with van der Waals surface area (Å²) in [5.74, 6) is -0.0867. The summed E-state index contributed by atoms with van der Waals surface area (Å²) in [5, 5.41) is 0. The van der Waals surface area contributed by atoms with Crippen molar-refractivity contribution in [3.05, 3.63) is 83.1 Å². The molecule has 1 aliphatic heterocycles. The van der Waals surface area contributed by atoms with Gasteiger partial charge in [-0.05, 0) is 17.2 Å². The van der Waals surface area contributed by atoms with Crippen LogP contribution >= 0.6 is 0 Å². The van der Waals surface area contributed by atoms with Crippen molar-refractivity contribution in [3.8, 4) is 0 Å². The molecule has 3 nitrogen and oxygen atoms in total. The van der Waals surface area contributed by atoms with Gasteiger partial charge in [0.2, 0.25) is 0 Å². The van der Waals surface area contributed by atoms with Gasteiger partial charge in [-0.25, -0.2) is 0 Å². The van der Waals surface area contributed by atoms with Gasteiger partial charge in [0.1, 0.15) is 0 Å². The highest BCUT2D eigenvalue weighted by Crippen LogP contribution is 2.36. The largest absolute Gasteiger partial charge is 0.342 e. The molecule has 0 amide bonds. The number of hydrogen-bond donors (Lipinski definition) is 0. The summed E-state index contributed by atoms with van der Waals surface area (Å²) >= 11 is 0. The molecule has 1 aliphatic carbocycles. The molecule has 3 heteroatoms. The second-order valence-electron chi connectivity index (χ2n) is 6.09. The van der Waals surface area contributed by atoms with E-state index in [1.807, 2.05) is 59.6 Å². The fourth-order valence-electron chi connectivity index (χ4n) is 3.34. The molecule has 4 rings (SSSR count). The number of carbonyl (C=O) groups is 2. The third-order valence-electron chi connectivity index (χ3n) is 4.51. The molecule has 0 radical (unpaired) electrons. The molecule has 24 heavy (non-hydrogen) atoms. The van der Waals surface area contributed by atoms with E-state index in [1.165, 1.54) is 0 Å². The summed E-state index contributed by atoms with van der Waals surface area (Å²) in [5.41, 5.74) is 4.25. The summed E-state index contributed by atoms with van der Waals surface area (Å²) < 4.78 is 0. The van der Waals surface area contributed by atoms with Gasteiger partial charge < -0.3 is 4.90 Å². The van der Waals surface area contributed by atoms with Crippen LogP contribution in [-0.4, -0.2) is 16.5 Å².